The number of nitrogens with one attached hydrogen (secondary N) is 1. The van der Waals surface area contributed by atoms with Crippen molar-refractivity contribution in [2.24, 2.45) is 9.98 Å². The summed E-state index contributed by atoms with van der Waals surface area (Å²) in [5.74, 6) is 0. The van der Waals surface area contributed by atoms with Crippen molar-refractivity contribution < 1.29 is 18.0 Å². The minimum absolute atomic E-state index is 0.00480. The Bertz CT molecular complexity index is 1200. The Morgan fingerprint density at radius 3 is 2.53 bits per heavy atom. The minimum atomic E-state index is -4.07. The third-order valence-electron chi connectivity index (χ3n) is 4.82. The van der Waals surface area contributed by atoms with Crippen LogP contribution in [0.4, 0.5) is 15.3 Å². The average molecular weight is 424 g/mol. The standard InChI is InChI=1S/C21H20N4O4S/c1-13(2)22-21(27)25-11-10-15-12-16(8-9-17(15)25)30(28,29)19-18(23-20(26)24-19)14-6-4-3-5-7-14/h3-9,12-13H,10-11H2,1-2H3,(H,22,27). The van der Waals surface area contributed by atoms with Gasteiger partial charge in [0.05, 0.1) is 4.90 Å². The van der Waals surface area contributed by atoms with Gasteiger partial charge in [-0.25, -0.2) is 18.0 Å². The number of urea groups is 2. The number of anilines is 1. The number of carbonyl (C=O) groups is 2. The van der Waals surface area contributed by atoms with Gasteiger partial charge in [0.1, 0.15) is 5.71 Å². The highest BCUT2D eigenvalue weighted by atomic mass is 32.2. The predicted molar refractivity (Wildman–Crippen MR) is 114 cm³/mol. The van der Waals surface area contributed by atoms with Gasteiger partial charge < -0.3 is 5.32 Å². The quantitative estimate of drug-likeness (QED) is 0.817. The normalized spacial score (nSPS) is 15.8. The highest BCUT2D eigenvalue weighted by Gasteiger charge is 2.35. The predicted octanol–water partition coefficient (Wildman–Crippen LogP) is 2.96. The zero-order valence-electron chi connectivity index (χ0n) is 16.5. The van der Waals surface area contributed by atoms with Gasteiger partial charge in [-0.1, -0.05) is 30.3 Å². The lowest BCUT2D eigenvalue weighted by Gasteiger charge is -2.20. The van der Waals surface area contributed by atoms with Gasteiger partial charge in [-0.2, -0.15) is 9.98 Å². The maximum atomic E-state index is 13.3. The van der Waals surface area contributed by atoms with E-state index >= 15 is 0 Å². The molecule has 0 saturated heterocycles. The molecule has 2 aromatic carbocycles. The number of rotatable bonds is 3. The summed E-state index contributed by atoms with van der Waals surface area (Å²) in [6.45, 7) is 4.22. The molecule has 4 rings (SSSR count). The van der Waals surface area contributed by atoms with E-state index in [2.05, 4.69) is 15.3 Å². The molecule has 9 heteroatoms. The summed E-state index contributed by atoms with van der Waals surface area (Å²) in [4.78, 5) is 33.3. The lowest BCUT2D eigenvalue weighted by atomic mass is 10.1. The first-order chi connectivity index (χ1) is 14.3. The van der Waals surface area contributed by atoms with Gasteiger partial charge in [-0.05, 0) is 44.0 Å². The number of nitrogens with zero attached hydrogens (tertiary/aromatic N) is 3. The zero-order valence-corrected chi connectivity index (χ0v) is 17.3. The Balaban J connectivity index is 1.68. The number of benzene rings is 2. The Morgan fingerprint density at radius 2 is 1.83 bits per heavy atom. The van der Waals surface area contributed by atoms with Crippen molar-refractivity contribution in [3.05, 3.63) is 59.7 Å². The molecule has 0 fully saturated rings. The molecule has 0 radical (unpaired) electrons. The van der Waals surface area contributed by atoms with Crippen LogP contribution in [0, 0.1) is 0 Å². The van der Waals surface area contributed by atoms with E-state index in [0.29, 0.717) is 24.2 Å². The van der Waals surface area contributed by atoms with Crippen molar-refractivity contribution in [2.45, 2.75) is 31.2 Å². The van der Waals surface area contributed by atoms with E-state index in [0.717, 1.165) is 5.56 Å². The van der Waals surface area contributed by atoms with E-state index in [1.807, 2.05) is 13.8 Å². The smallest absolute Gasteiger partial charge is 0.336 e. The van der Waals surface area contributed by atoms with Crippen molar-refractivity contribution in [1.29, 1.82) is 0 Å². The Labute approximate surface area is 174 Å². The Morgan fingerprint density at radius 1 is 1.10 bits per heavy atom. The second-order valence-electron chi connectivity index (χ2n) is 7.33. The van der Waals surface area contributed by atoms with Crippen LogP contribution in [0.3, 0.4) is 0 Å². The molecule has 0 atom stereocenters. The Kier molecular flexibility index (Phi) is 4.98. The monoisotopic (exact) mass is 424 g/mol. The summed E-state index contributed by atoms with van der Waals surface area (Å²) in [5.41, 5.74) is 1.97. The highest BCUT2D eigenvalue weighted by Crippen LogP contribution is 2.31. The van der Waals surface area contributed by atoms with Crippen molar-refractivity contribution >= 4 is 38.3 Å². The first kappa shape index (κ1) is 20.0. The largest absolute Gasteiger partial charge is 0.369 e. The molecule has 8 nitrogen and oxygen atoms in total. The van der Waals surface area contributed by atoms with Crippen molar-refractivity contribution in [3.8, 4) is 0 Å². The third-order valence-corrected chi connectivity index (χ3v) is 6.49. The molecule has 0 saturated carbocycles. The second-order valence-corrected chi connectivity index (χ2v) is 9.19. The van der Waals surface area contributed by atoms with E-state index in [-0.39, 0.29) is 27.7 Å². The van der Waals surface area contributed by atoms with E-state index in [1.54, 1.807) is 47.4 Å². The Hall–Kier alpha value is -3.33. The van der Waals surface area contributed by atoms with Crippen LogP contribution in [0.2, 0.25) is 0 Å². The van der Waals surface area contributed by atoms with Gasteiger partial charge >= 0.3 is 12.1 Å². The lowest BCUT2D eigenvalue weighted by Crippen LogP contribution is -2.42. The molecule has 2 heterocycles. The average Bonchev–Trinajstić information content (AvgIpc) is 3.31. The number of sulfone groups is 1. The van der Waals surface area contributed by atoms with Gasteiger partial charge in [-0.3, -0.25) is 4.90 Å². The van der Waals surface area contributed by atoms with Crippen LogP contribution in [0.15, 0.2) is 63.4 Å². The molecular formula is C21H20N4O4S. The molecule has 0 spiro atoms. The van der Waals surface area contributed by atoms with Crippen LogP contribution in [-0.4, -0.2) is 43.8 Å². The van der Waals surface area contributed by atoms with E-state index < -0.39 is 15.9 Å². The number of fused-ring (bicyclic) bond motifs is 1. The molecule has 4 amide bonds. The van der Waals surface area contributed by atoms with Crippen molar-refractivity contribution in [3.63, 3.8) is 0 Å². The van der Waals surface area contributed by atoms with Crippen LogP contribution >= 0.6 is 0 Å². The van der Waals surface area contributed by atoms with E-state index in [4.69, 9.17) is 0 Å². The molecule has 2 aromatic rings. The summed E-state index contributed by atoms with van der Waals surface area (Å²) in [7, 11) is -4.07. The molecule has 2 aliphatic rings. The number of aliphatic imine (C=N–C) groups is 2. The maximum absolute atomic E-state index is 13.3. The number of amides is 4. The summed E-state index contributed by atoms with van der Waals surface area (Å²) in [6.07, 6.45) is 0.537. The lowest BCUT2D eigenvalue weighted by molar-refractivity contribution is 0.244. The van der Waals surface area contributed by atoms with Gasteiger partial charge in [0, 0.05) is 23.8 Å². The van der Waals surface area contributed by atoms with Crippen molar-refractivity contribution in [2.75, 3.05) is 11.4 Å². The fourth-order valence-corrected chi connectivity index (χ4v) is 4.86. The van der Waals surface area contributed by atoms with Crippen LogP contribution in [0.25, 0.3) is 0 Å². The summed E-state index contributed by atoms with van der Waals surface area (Å²) in [5, 5.41) is 2.48. The fraction of sp³-hybridized carbons (Fsp3) is 0.238. The second kappa shape index (κ2) is 7.49. The van der Waals surface area contributed by atoms with Gasteiger partial charge in [0.2, 0.25) is 9.84 Å². The zero-order chi connectivity index (χ0) is 21.5. The summed E-state index contributed by atoms with van der Waals surface area (Å²) >= 11 is 0. The molecule has 0 unspecified atom stereocenters. The van der Waals surface area contributed by atoms with Gasteiger partial charge in [0.25, 0.3) is 0 Å². The SMILES string of the molecule is CC(C)NC(=O)N1CCc2cc(S(=O)(=O)C3=NC(=O)N=C3c3ccccc3)ccc21. The summed E-state index contributed by atoms with van der Waals surface area (Å²) in [6, 6.07) is 12.1. The van der Waals surface area contributed by atoms with Crippen LogP contribution in [0.1, 0.15) is 25.0 Å². The third kappa shape index (κ3) is 3.52. The van der Waals surface area contributed by atoms with Crippen LogP contribution in [-0.2, 0) is 16.3 Å². The van der Waals surface area contributed by atoms with E-state index in [1.165, 1.54) is 6.07 Å². The molecule has 0 aromatic heterocycles. The van der Waals surface area contributed by atoms with Gasteiger partial charge in [0.15, 0.2) is 5.04 Å². The fourth-order valence-electron chi connectivity index (χ4n) is 3.47. The minimum Gasteiger partial charge on any atom is -0.336 e. The topological polar surface area (TPSA) is 108 Å². The molecular weight excluding hydrogens is 404 g/mol. The maximum Gasteiger partial charge on any atom is 0.369 e. The van der Waals surface area contributed by atoms with Crippen molar-refractivity contribution in [1.82, 2.24) is 5.32 Å². The molecule has 0 bridgehead atoms. The van der Waals surface area contributed by atoms with Crippen LogP contribution < -0.4 is 10.2 Å². The first-order valence-electron chi connectivity index (χ1n) is 9.50. The molecule has 2 aliphatic heterocycles. The molecule has 30 heavy (non-hydrogen) atoms. The first-order valence-corrected chi connectivity index (χ1v) is 11.0. The van der Waals surface area contributed by atoms with E-state index in [9.17, 15) is 18.0 Å². The highest BCUT2D eigenvalue weighted by molar-refractivity contribution is 8.08. The summed E-state index contributed by atoms with van der Waals surface area (Å²) < 4.78 is 26.5. The van der Waals surface area contributed by atoms with Gasteiger partial charge in [-0.15, -0.1) is 0 Å². The number of carbonyl (C=O) groups excluding carboxylic acids is 2. The molecule has 154 valence electrons. The molecule has 1 N–H and O–H groups in total. The number of hydrogen-bond donors (Lipinski definition) is 1. The molecule has 0 aliphatic carbocycles. The number of hydrogen-bond acceptors (Lipinski definition) is 4. The van der Waals surface area contributed by atoms with Crippen LogP contribution in [0.5, 0.6) is 0 Å².